The summed E-state index contributed by atoms with van der Waals surface area (Å²) in [4.78, 5) is 23.4. The van der Waals surface area contributed by atoms with Gasteiger partial charge in [-0.05, 0) is 60.7 Å². The van der Waals surface area contributed by atoms with Gasteiger partial charge in [-0.3, -0.25) is 9.69 Å². The minimum absolute atomic E-state index is 0.0880. The van der Waals surface area contributed by atoms with Crippen molar-refractivity contribution in [3.8, 4) is 5.69 Å². The second kappa shape index (κ2) is 8.48. The number of aromatic nitrogens is 4. The molecule has 0 unspecified atom stereocenters. The number of ketones is 1. The number of nitrogens with zero attached hydrogens (tertiary/aromatic N) is 4. The second-order valence-corrected chi connectivity index (χ2v) is 9.59. The molecular formula is C27H28N6O2. The zero-order valence-electron chi connectivity index (χ0n) is 19.7. The lowest BCUT2D eigenvalue weighted by atomic mass is 10.0. The molecule has 8 nitrogen and oxygen atoms in total. The summed E-state index contributed by atoms with van der Waals surface area (Å²) in [5.41, 5.74) is 13.6. The van der Waals surface area contributed by atoms with Crippen molar-refractivity contribution < 1.29 is 9.90 Å². The molecule has 178 valence electrons. The van der Waals surface area contributed by atoms with Crippen molar-refractivity contribution >= 4 is 28.7 Å². The molecule has 1 aliphatic heterocycles. The number of Topliss-reactive ketones (excluding diaryl/α,β-unsaturated/α-hetero) is 1. The van der Waals surface area contributed by atoms with E-state index in [0.29, 0.717) is 17.8 Å². The van der Waals surface area contributed by atoms with E-state index in [4.69, 9.17) is 5.73 Å². The first-order valence-electron chi connectivity index (χ1n) is 12.0. The van der Waals surface area contributed by atoms with Crippen molar-refractivity contribution in [2.24, 2.45) is 0 Å². The predicted octanol–water partition coefficient (Wildman–Crippen LogP) is 3.42. The highest BCUT2D eigenvalue weighted by atomic mass is 16.3. The number of anilines is 1. The van der Waals surface area contributed by atoms with Gasteiger partial charge in [0.15, 0.2) is 5.78 Å². The fraction of sp³-hybridized carbons (Fsp3) is 0.296. The molecule has 3 heterocycles. The Balaban J connectivity index is 1.19. The first-order chi connectivity index (χ1) is 16.9. The van der Waals surface area contributed by atoms with Gasteiger partial charge in [0.1, 0.15) is 11.6 Å². The molecule has 0 radical (unpaired) electrons. The number of H-pyrrole nitrogens is 1. The number of aromatic amines is 1. The van der Waals surface area contributed by atoms with Crippen LogP contribution in [0.15, 0.2) is 48.2 Å². The molecule has 1 saturated heterocycles. The summed E-state index contributed by atoms with van der Waals surface area (Å²) in [5.74, 6) is 1.08. The maximum atomic E-state index is 13.4. The third kappa shape index (κ3) is 4.05. The summed E-state index contributed by atoms with van der Waals surface area (Å²) in [6, 6.07) is 12.2. The van der Waals surface area contributed by atoms with Gasteiger partial charge in [0.2, 0.25) is 0 Å². The van der Waals surface area contributed by atoms with E-state index >= 15 is 0 Å². The van der Waals surface area contributed by atoms with E-state index in [1.165, 1.54) is 5.56 Å². The lowest BCUT2D eigenvalue weighted by Gasteiger charge is -2.29. The highest BCUT2D eigenvalue weighted by Crippen LogP contribution is 2.31. The van der Waals surface area contributed by atoms with E-state index < -0.39 is 0 Å². The number of benzene rings is 2. The van der Waals surface area contributed by atoms with Crippen LogP contribution in [0.3, 0.4) is 0 Å². The Morgan fingerprint density at radius 2 is 2.03 bits per heavy atom. The zero-order valence-corrected chi connectivity index (χ0v) is 19.7. The Bertz CT molecular complexity index is 1470. The third-order valence-electron chi connectivity index (χ3n) is 7.05. The molecule has 35 heavy (non-hydrogen) atoms. The minimum atomic E-state index is -0.168. The van der Waals surface area contributed by atoms with Gasteiger partial charge < -0.3 is 15.8 Å². The third-order valence-corrected chi connectivity index (χ3v) is 7.05. The molecule has 1 fully saturated rings. The summed E-state index contributed by atoms with van der Waals surface area (Å²) < 4.78 is 1.60. The fourth-order valence-corrected chi connectivity index (χ4v) is 5.15. The van der Waals surface area contributed by atoms with Gasteiger partial charge >= 0.3 is 0 Å². The van der Waals surface area contributed by atoms with Gasteiger partial charge in [0.05, 0.1) is 34.6 Å². The summed E-state index contributed by atoms with van der Waals surface area (Å²) in [6.07, 6.45) is 5.60. The molecule has 6 rings (SSSR count). The number of nitrogens with one attached hydrogen (secondary N) is 1. The number of piperidine rings is 1. The molecule has 0 atom stereocenters. The van der Waals surface area contributed by atoms with Crippen molar-refractivity contribution in [2.45, 2.75) is 38.8 Å². The predicted molar refractivity (Wildman–Crippen MR) is 135 cm³/mol. The molecule has 2 aliphatic rings. The lowest BCUT2D eigenvalue weighted by molar-refractivity contribution is 0.0792. The molecule has 8 heteroatoms. The van der Waals surface area contributed by atoms with Crippen molar-refractivity contribution in [3.05, 3.63) is 76.2 Å². The van der Waals surface area contributed by atoms with E-state index in [9.17, 15) is 9.90 Å². The summed E-state index contributed by atoms with van der Waals surface area (Å²) in [5, 5.41) is 14.2. The number of allylic oxidation sites excluding steroid dienone is 1. The van der Waals surface area contributed by atoms with Crippen molar-refractivity contribution in [3.63, 3.8) is 0 Å². The van der Waals surface area contributed by atoms with Crippen LogP contribution >= 0.6 is 0 Å². The molecule has 1 aliphatic carbocycles. The number of aliphatic hydroxyl groups excluding tert-OH is 1. The van der Waals surface area contributed by atoms with Crippen LogP contribution in [0.1, 0.15) is 45.7 Å². The van der Waals surface area contributed by atoms with E-state index in [1.807, 2.05) is 31.2 Å². The number of aryl methyl sites for hydroxylation is 1. The molecule has 0 saturated carbocycles. The van der Waals surface area contributed by atoms with Crippen LogP contribution in [0.5, 0.6) is 0 Å². The monoisotopic (exact) mass is 468 g/mol. The number of rotatable bonds is 5. The Kier molecular flexibility index (Phi) is 5.27. The van der Waals surface area contributed by atoms with Gasteiger partial charge in [0.25, 0.3) is 0 Å². The number of imidazole rings is 1. The number of hydrogen-bond donors (Lipinski definition) is 3. The Labute approximate surface area is 203 Å². The van der Waals surface area contributed by atoms with E-state index in [-0.39, 0.29) is 11.9 Å². The Morgan fingerprint density at radius 1 is 1.20 bits per heavy atom. The molecular weight excluding hydrogens is 440 g/mol. The summed E-state index contributed by atoms with van der Waals surface area (Å²) in [6.45, 7) is 4.60. The van der Waals surface area contributed by atoms with E-state index in [0.717, 1.165) is 71.7 Å². The molecule has 0 spiro atoms. The lowest BCUT2D eigenvalue weighted by Crippen LogP contribution is -2.35. The van der Waals surface area contributed by atoms with Crippen LogP contribution in [0, 0.1) is 6.92 Å². The number of nitrogens with two attached hydrogens (primary N) is 1. The number of carbonyl (C=O) groups excluding carboxylic acids is 1. The van der Waals surface area contributed by atoms with Crippen LogP contribution < -0.4 is 5.73 Å². The van der Waals surface area contributed by atoms with Crippen LogP contribution in [-0.2, 0) is 13.0 Å². The molecule has 4 N–H and O–H groups in total. The highest BCUT2D eigenvalue weighted by Gasteiger charge is 2.25. The standard InChI is InChI=1S/C27H28N6O2/c1-16-30-24-5-4-21(13-25(24)31-16)33-27(28)23(14-29-33)26(35)20-11-18-3-2-17(10-19(18)12-20)15-32-8-6-22(34)7-9-32/h2-5,10-11,13-14,22,34H,6-9,12,15,28H2,1H3,(H,30,31). The number of likely N-dealkylation sites (tertiary alicyclic amines) is 1. The fourth-order valence-electron chi connectivity index (χ4n) is 5.15. The minimum Gasteiger partial charge on any atom is -0.393 e. The van der Waals surface area contributed by atoms with Crippen LogP contribution in [0.4, 0.5) is 5.82 Å². The molecule has 0 amide bonds. The summed E-state index contributed by atoms with van der Waals surface area (Å²) in [7, 11) is 0. The quantitative estimate of drug-likeness (QED) is 0.387. The average Bonchev–Trinajstić information content (AvgIpc) is 3.55. The first-order valence-corrected chi connectivity index (χ1v) is 12.0. The van der Waals surface area contributed by atoms with Gasteiger partial charge in [0, 0.05) is 31.6 Å². The highest BCUT2D eigenvalue weighted by molar-refractivity contribution is 6.15. The van der Waals surface area contributed by atoms with Gasteiger partial charge in [-0.25, -0.2) is 9.67 Å². The van der Waals surface area contributed by atoms with Crippen LogP contribution in [-0.4, -0.2) is 54.7 Å². The van der Waals surface area contributed by atoms with Crippen molar-refractivity contribution in [1.29, 1.82) is 0 Å². The molecule has 2 aromatic heterocycles. The second-order valence-electron chi connectivity index (χ2n) is 9.59. The normalized spacial score (nSPS) is 16.6. The number of carbonyl (C=O) groups is 1. The Morgan fingerprint density at radius 3 is 2.86 bits per heavy atom. The van der Waals surface area contributed by atoms with Gasteiger partial charge in [-0.1, -0.05) is 18.2 Å². The number of fused-ring (bicyclic) bond motifs is 2. The van der Waals surface area contributed by atoms with Crippen LogP contribution in [0.2, 0.25) is 0 Å². The number of hydrogen-bond acceptors (Lipinski definition) is 6. The SMILES string of the molecule is Cc1nc2ccc(-n3ncc(C(=O)C4=Cc5ccc(CN6CCC(O)CC6)cc5C4)c3N)cc2[nH]1. The first kappa shape index (κ1) is 21.8. The van der Waals surface area contributed by atoms with E-state index in [2.05, 4.69) is 38.2 Å². The number of nitrogen functional groups attached to an aromatic ring is 1. The topological polar surface area (TPSA) is 113 Å². The maximum absolute atomic E-state index is 13.4. The van der Waals surface area contributed by atoms with Crippen molar-refractivity contribution in [2.75, 3.05) is 18.8 Å². The van der Waals surface area contributed by atoms with Crippen LogP contribution in [0.25, 0.3) is 22.8 Å². The average molecular weight is 469 g/mol. The molecule has 0 bridgehead atoms. The summed E-state index contributed by atoms with van der Waals surface area (Å²) >= 11 is 0. The van der Waals surface area contributed by atoms with Crippen molar-refractivity contribution in [1.82, 2.24) is 24.6 Å². The van der Waals surface area contributed by atoms with E-state index in [1.54, 1.807) is 10.9 Å². The molecule has 2 aromatic carbocycles. The smallest absolute Gasteiger partial charge is 0.194 e. The largest absolute Gasteiger partial charge is 0.393 e. The number of aliphatic hydroxyl groups is 1. The maximum Gasteiger partial charge on any atom is 0.194 e. The zero-order chi connectivity index (χ0) is 24.1. The van der Waals surface area contributed by atoms with Gasteiger partial charge in [-0.15, -0.1) is 0 Å². The molecule has 4 aromatic rings. The van der Waals surface area contributed by atoms with Gasteiger partial charge in [-0.2, -0.15) is 5.10 Å². The Hall–Kier alpha value is -3.75.